The smallest absolute Gasteiger partial charge is 0.288 e. The molecule has 1 aliphatic carbocycles. The summed E-state index contributed by atoms with van der Waals surface area (Å²) in [6.45, 7) is 5.07. The minimum atomic E-state index is -0.248. The molecule has 1 fully saturated rings. The average Bonchev–Trinajstić information content (AvgIpc) is 2.59. The Balaban J connectivity index is 1.83. The van der Waals surface area contributed by atoms with Crippen LogP contribution >= 0.6 is 0 Å². The highest BCUT2D eigenvalue weighted by Crippen LogP contribution is 2.50. The lowest BCUT2D eigenvalue weighted by atomic mass is 10.1. The normalized spacial score (nSPS) is 22.4. The van der Waals surface area contributed by atoms with Gasteiger partial charge < -0.3 is 11.1 Å². The topological polar surface area (TPSA) is 96.7 Å². The molecule has 0 spiro atoms. The number of hydrogen-bond donors (Lipinski definition) is 3. The second-order valence-electron chi connectivity index (χ2n) is 4.64. The maximum absolute atomic E-state index is 11.5. The molecule has 0 saturated heterocycles. The van der Waals surface area contributed by atoms with E-state index < -0.39 is 0 Å². The SMILES string of the molecule is CC1(C)CC1CNC(=O)c1nc(N)n[nH]1. The van der Waals surface area contributed by atoms with Gasteiger partial charge in [0, 0.05) is 6.54 Å². The van der Waals surface area contributed by atoms with Gasteiger partial charge in [-0.2, -0.15) is 4.98 Å². The zero-order valence-electron chi connectivity index (χ0n) is 8.87. The molecule has 6 nitrogen and oxygen atoms in total. The Bertz CT molecular complexity index is 384. The Labute approximate surface area is 87.6 Å². The molecular weight excluding hydrogens is 194 g/mol. The molecule has 0 bridgehead atoms. The van der Waals surface area contributed by atoms with E-state index in [-0.39, 0.29) is 17.7 Å². The van der Waals surface area contributed by atoms with E-state index in [0.29, 0.717) is 17.9 Å². The molecule has 1 amide bonds. The summed E-state index contributed by atoms with van der Waals surface area (Å²) in [5.74, 6) is 0.585. The van der Waals surface area contributed by atoms with Crippen molar-refractivity contribution in [1.29, 1.82) is 0 Å². The molecule has 1 unspecified atom stereocenters. The number of nitrogens with one attached hydrogen (secondary N) is 2. The van der Waals surface area contributed by atoms with Crippen molar-refractivity contribution in [2.24, 2.45) is 11.3 Å². The Hall–Kier alpha value is -1.59. The molecule has 0 radical (unpaired) electrons. The van der Waals surface area contributed by atoms with Crippen molar-refractivity contribution in [2.75, 3.05) is 12.3 Å². The van der Waals surface area contributed by atoms with Gasteiger partial charge in [0.1, 0.15) is 0 Å². The van der Waals surface area contributed by atoms with Gasteiger partial charge >= 0.3 is 0 Å². The van der Waals surface area contributed by atoms with Gasteiger partial charge in [-0.05, 0) is 17.8 Å². The fraction of sp³-hybridized carbons (Fsp3) is 0.667. The number of nitrogen functional groups attached to an aromatic ring is 1. The van der Waals surface area contributed by atoms with Crippen molar-refractivity contribution in [1.82, 2.24) is 20.5 Å². The number of carbonyl (C=O) groups excluding carboxylic acids is 1. The molecule has 82 valence electrons. The van der Waals surface area contributed by atoms with Crippen LogP contribution < -0.4 is 11.1 Å². The Morgan fingerprint density at radius 2 is 2.40 bits per heavy atom. The summed E-state index contributed by atoms with van der Waals surface area (Å²) in [6.07, 6.45) is 1.16. The molecule has 1 saturated carbocycles. The summed E-state index contributed by atoms with van der Waals surface area (Å²) in [6, 6.07) is 0. The quantitative estimate of drug-likeness (QED) is 0.660. The fourth-order valence-corrected chi connectivity index (χ4v) is 1.60. The van der Waals surface area contributed by atoms with Crippen molar-refractivity contribution in [3.05, 3.63) is 5.82 Å². The Kier molecular flexibility index (Phi) is 2.13. The highest BCUT2D eigenvalue weighted by atomic mass is 16.2. The van der Waals surface area contributed by atoms with Crippen LogP contribution in [-0.4, -0.2) is 27.6 Å². The van der Waals surface area contributed by atoms with Gasteiger partial charge in [0.25, 0.3) is 5.91 Å². The number of nitrogens with zero attached hydrogens (tertiary/aromatic N) is 2. The lowest BCUT2D eigenvalue weighted by Crippen LogP contribution is -2.27. The minimum Gasteiger partial charge on any atom is -0.366 e. The molecule has 15 heavy (non-hydrogen) atoms. The summed E-state index contributed by atoms with van der Waals surface area (Å²) in [5, 5.41) is 8.86. The van der Waals surface area contributed by atoms with Gasteiger partial charge in [-0.25, -0.2) is 0 Å². The molecule has 4 N–H and O–H groups in total. The number of aromatic amines is 1. The van der Waals surface area contributed by atoms with Crippen LogP contribution in [0.15, 0.2) is 0 Å². The van der Waals surface area contributed by atoms with Crippen LogP contribution in [0, 0.1) is 11.3 Å². The van der Waals surface area contributed by atoms with Crippen LogP contribution in [0.25, 0.3) is 0 Å². The van der Waals surface area contributed by atoms with Gasteiger partial charge in [-0.3, -0.25) is 9.89 Å². The largest absolute Gasteiger partial charge is 0.366 e. The number of nitrogens with two attached hydrogens (primary N) is 1. The van der Waals surface area contributed by atoms with Crippen molar-refractivity contribution < 1.29 is 4.79 Å². The average molecular weight is 209 g/mol. The van der Waals surface area contributed by atoms with Gasteiger partial charge in [-0.1, -0.05) is 13.8 Å². The number of aromatic nitrogens is 3. The van der Waals surface area contributed by atoms with Gasteiger partial charge in [0.15, 0.2) is 0 Å². The van der Waals surface area contributed by atoms with E-state index in [4.69, 9.17) is 5.73 Å². The standard InChI is InChI=1S/C9H15N5O/c1-9(2)3-5(9)4-11-7(15)6-12-8(10)14-13-6/h5H,3-4H2,1-2H3,(H,11,15)(H3,10,12,13,14). The fourth-order valence-electron chi connectivity index (χ4n) is 1.60. The first-order valence-corrected chi connectivity index (χ1v) is 4.95. The van der Waals surface area contributed by atoms with Crippen LogP contribution in [-0.2, 0) is 0 Å². The van der Waals surface area contributed by atoms with Crippen LogP contribution in [0.2, 0.25) is 0 Å². The van der Waals surface area contributed by atoms with Crippen LogP contribution in [0.3, 0.4) is 0 Å². The van der Waals surface area contributed by atoms with E-state index in [1.54, 1.807) is 0 Å². The molecule has 2 rings (SSSR count). The summed E-state index contributed by atoms with van der Waals surface area (Å²) < 4.78 is 0. The van der Waals surface area contributed by atoms with Crippen LogP contribution in [0.5, 0.6) is 0 Å². The summed E-state index contributed by atoms with van der Waals surface area (Å²) in [7, 11) is 0. The molecule has 0 aliphatic heterocycles. The lowest BCUT2D eigenvalue weighted by Gasteiger charge is -2.04. The molecule has 1 atom stereocenters. The monoisotopic (exact) mass is 209 g/mol. The number of H-pyrrole nitrogens is 1. The number of carbonyl (C=O) groups is 1. The first kappa shape index (κ1) is 9.95. The predicted molar refractivity (Wildman–Crippen MR) is 55.0 cm³/mol. The molecular formula is C9H15N5O. The summed E-state index contributed by atoms with van der Waals surface area (Å²) >= 11 is 0. The van der Waals surface area contributed by atoms with E-state index in [2.05, 4.69) is 34.3 Å². The second kappa shape index (κ2) is 3.22. The molecule has 6 heteroatoms. The van der Waals surface area contributed by atoms with Gasteiger partial charge in [0.2, 0.25) is 11.8 Å². The molecule has 1 aromatic heterocycles. The highest BCUT2D eigenvalue weighted by molar-refractivity contribution is 5.90. The first-order chi connectivity index (χ1) is 6.99. The summed E-state index contributed by atoms with van der Waals surface area (Å²) in [4.78, 5) is 15.2. The molecule has 1 aliphatic rings. The minimum absolute atomic E-state index is 0.0897. The zero-order chi connectivity index (χ0) is 11.1. The maximum atomic E-state index is 11.5. The van der Waals surface area contributed by atoms with Crippen molar-refractivity contribution in [3.8, 4) is 0 Å². The third-order valence-corrected chi connectivity index (χ3v) is 2.94. The summed E-state index contributed by atoms with van der Waals surface area (Å²) in [5.41, 5.74) is 5.66. The maximum Gasteiger partial charge on any atom is 0.288 e. The van der Waals surface area contributed by atoms with E-state index in [0.717, 1.165) is 6.42 Å². The highest BCUT2D eigenvalue weighted by Gasteiger charge is 2.45. The Morgan fingerprint density at radius 3 is 2.87 bits per heavy atom. The van der Waals surface area contributed by atoms with Crippen molar-refractivity contribution in [2.45, 2.75) is 20.3 Å². The van der Waals surface area contributed by atoms with Crippen LogP contribution in [0.4, 0.5) is 5.95 Å². The molecule has 1 aromatic rings. The van der Waals surface area contributed by atoms with E-state index in [1.807, 2.05) is 0 Å². The first-order valence-electron chi connectivity index (χ1n) is 4.95. The van der Waals surface area contributed by atoms with E-state index in [1.165, 1.54) is 0 Å². The lowest BCUT2D eigenvalue weighted by molar-refractivity contribution is 0.0940. The number of amides is 1. The van der Waals surface area contributed by atoms with Crippen molar-refractivity contribution >= 4 is 11.9 Å². The van der Waals surface area contributed by atoms with Gasteiger partial charge in [0.05, 0.1) is 0 Å². The Morgan fingerprint density at radius 1 is 1.73 bits per heavy atom. The van der Waals surface area contributed by atoms with Crippen LogP contribution in [0.1, 0.15) is 30.9 Å². The predicted octanol–water partition coefficient (Wildman–Crippen LogP) is 0.163. The molecule has 0 aromatic carbocycles. The second-order valence-corrected chi connectivity index (χ2v) is 4.64. The third-order valence-electron chi connectivity index (χ3n) is 2.94. The number of anilines is 1. The van der Waals surface area contributed by atoms with Gasteiger partial charge in [-0.15, -0.1) is 5.10 Å². The van der Waals surface area contributed by atoms with Crippen molar-refractivity contribution in [3.63, 3.8) is 0 Å². The van der Waals surface area contributed by atoms with E-state index >= 15 is 0 Å². The molecule has 1 heterocycles. The third kappa shape index (κ3) is 2.08. The van der Waals surface area contributed by atoms with E-state index in [9.17, 15) is 4.79 Å². The zero-order valence-corrected chi connectivity index (χ0v) is 8.87. The number of hydrogen-bond acceptors (Lipinski definition) is 4. The number of rotatable bonds is 3.